The number of ether oxygens (including phenoxy) is 2. The van der Waals surface area contributed by atoms with Gasteiger partial charge in [-0.25, -0.2) is 5.84 Å². The molecule has 8 nitrogen and oxygen atoms in total. The van der Waals surface area contributed by atoms with Crippen LogP contribution in [0.2, 0.25) is 0 Å². The van der Waals surface area contributed by atoms with Crippen LogP contribution in [0.15, 0.2) is 0 Å². The summed E-state index contributed by atoms with van der Waals surface area (Å²) in [6.45, 7) is 4.21. The summed E-state index contributed by atoms with van der Waals surface area (Å²) in [4.78, 5) is 14.6. The van der Waals surface area contributed by atoms with Crippen molar-refractivity contribution in [2.24, 2.45) is 5.84 Å². The lowest BCUT2D eigenvalue weighted by Crippen LogP contribution is -2.40. The predicted octanol–water partition coefficient (Wildman–Crippen LogP) is 0.809. The normalized spacial score (nSPS) is 19.3. The Hall–Kier alpha value is -1.67. The van der Waals surface area contributed by atoms with Crippen molar-refractivity contribution >= 4 is 5.95 Å². The van der Waals surface area contributed by atoms with Crippen molar-refractivity contribution in [2.45, 2.75) is 38.6 Å². The Morgan fingerprint density at radius 3 is 2.67 bits per heavy atom. The molecule has 2 heterocycles. The van der Waals surface area contributed by atoms with E-state index in [1.54, 1.807) is 0 Å². The molecule has 8 heteroatoms. The van der Waals surface area contributed by atoms with Crippen LogP contribution in [0.25, 0.3) is 0 Å². The van der Waals surface area contributed by atoms with Crippen LogP contribution >= 0.6 is 0 Å². The Morgan fingerprint density at radius 2 is 2.00 bits per heavy atom. The van der Waals surface area contributed by atoms with Crippen molar-refractivity contribution < 1.29 is 9.47 Å². The fourth-order valence-corrected chi connectivity index (χ4v) is 2.25. The molecule has 0 aromatic carbocycles. The van der Waals surface area contributed by atoms with Gasteiger partial charge < -0.3 is 14.4 Å². The molecule has 21 heavy (non-hydrogen) atoms. The fourth-order valence-electron chi connectivity index (χ4n) is 2.25. The molecule has 1 fully saturated rings. The van der Waals surface area contributed by atoms with Gasteiger partial charge in [-0.05, 0) is 32.9 Å². The van der Waals surface area contributed by atoms with Crippen molar-refractivity contribution in [1.29, 1.82) is 0 Å². The first-order chi connectivity index (χ1) is 10.2. The molecule has 1 aromatic heterocycles. The molecule has 1 aromatic rings. The van der Waals surface area contributed by atoms with Crippen LogP contribution < -0.4 is 20.7 Å². The first kappa shape index (κ1) is 15.7. The van der Waals surface area contributed by atoms with Crippen LogP contribution in [0.3, 0.4) is 0 Å². The van der Waals surface area contributed by atoms with Crippen LogP contribution in [0.4, 0.5) is 5.95 Å². The topological polar surface area (TPSA) is 98.4 Å². The average Bonchev–Trinajstić information content (AvgIpc) is 2.52. The van der Waals surface area contributed by atoms with Crippen molar-refractivity contribution in [2.75, 3.05) is 32.2 Å². The third-order valence-electron chi connectivity index (χ3n) is 3.49. The number of likely N-dealkylation sites (tertiary alicyclic amines) is 1. The van der Waals surface area contributed by atoms with Crippen LogP contribution in [0.5, 0.6) is 12.0 Å². The van der Waals surface area contributed by atoms with E-state index in [-0.39, 0.29) is 18.0 Å². The highest BCUT2D eigenvalue weighted by Crippen LogP contribution is 2.17. The van der Waals surface area contributed by atoms with Gasteiger partial charge in [-0.15, -0.1) is 4.98 Å². The highest BCUT2D eigenvalue weighted by molar-refractivity contribution is 5.25. The van der Waals surface area contributed by atoms with E-state index < -0.39 is 0 Å². The van der Waals surface area contributed by atoms with Gasteiger partial charge in [0.25, 0.3) is 0 Å². The Morgan fingerprint density at radius 1 is 1.24 bits per heavy atom. The van der Waals surface area contributed by atoms with E-state index in [2.05, 4.69) is 32.3 Å². The van der Waals surface area contributed by atoms with E-state index in [0.717, 1.165) is 19.4 Å². The molecule has 2 rings (SSSR count). The predicted molar refractivity (Wildman–Crippen MR) is 79.2 cm³/mol. The summed E-state index contributed by atoms with van der Waals surface area (Å²) in [6.07, 6.45) is 4.48. The third-order valence-corrected chi connectivity index (χ3v) is 3.49. The molecule has 1 saturated heterocycles. The second-order valence-corrected chi connectivity index (χ2v) is 5.16. The molecular weight excluding hydrogens is 272 g/mol. The van der Waals surface area contributed by atoms with Gasteiger partial charge >= 0.3 is 12.0 Å². The van der Waals surface area contributed by atoms with Gasteiger partial charge in [0.05, 0.1) is 6.61 Å². The number of anilines is 1. The summed E-state index contributed by atoms with van der Waals surface area (Å²) < 4.78 is 11.1. The molecule has 0 saturated carbocycles. The van der Waals surface area contributed by atoms with Crippen molar-refractivity contribution in [1.82, 2.24) is 19.9 Å². The lowest BCUT2D eigenvalue weighted by Gasteiger charge is -2.31. The number of aromatic nitrogens is 3. The van der Waals surface area contributed by atoms with Crippen molar-refractivity contribution in [3.63, 3.8) is 0 Å². The lowest BCUT2D eigenvalue weighted by molar-refractivity contribution is 0.119. The van der Waals surface area contributed by atoms with E-state index >= 15 is 0 Å². The highest BCUT2D eigenvalue weighted by Gasteiger charge is 2.20. The molecular formula is C13H24N6O2. The molecule has 3 N–H and O–H groups in total. The van der Waals surface area contributed by atoms with Crippen molar-refractivity contribution in [3.05, 3.63) is 0 Å². The Labute approximate surface area is 125 Å². The second kappa shape index (κ2) is 7.94. The minimum atomic E-state index is 0.229. The summed E-state index contributed by atoms with van der Waals surface area (Å²) in [5.74, 6) is 5.59. The summed E-state index contributed by atoms with van der Waals surface area (Å²) >= 11 is 0. The summed E-state index contributed by atoms with van der Waals surface area (Å²) in [7, 11) is 2.11. The zero-order valence-corrected chi connectivity index (χ0v) is 12.7. The van der Waals surface area contributed by atoms with Crippen LogP contribution in [-0.4, -0.2) is 52.7 Å². The fraction of sp³-hybridized carbons (Fsp3) is 0.769. The standard InChI is InChI=1S/C13H24N6O2/c1-3-8-20-12-15-11(18-14)16-13(17-12)21-9-10-6-4-5-7-19(10)2/h10H,3-9,14H2,1-2H3,(H,15,16,17,18). The van der Waals surface area contributed by atoms with E-state index in [1.165, 1.54) is 12.8 Å². The van der Waals surface area contributed by atoms with E-state index in [0.29, 0.717) is 19.3 Å². The van der Waals surface area contributed by atoms with Gasteiger partial charge in [-0.2, -0.15) is 9.97 Å². The SMILES string of the molecule is CCCOc1nc(NN)nc(OCC2CCCCN2C)n1. The number of nitrogens with zero attached hydrogens (tertiary/aromatic N) is 4. The number of hydrogen-bond donors (Lipinski definition) is 2. The van der Waals surface area contributed by atoms with Gasteiger partial charge in [-0.3, -0.25) is 5.43 Å². The molecule has 1 aliphatic heterocycles. The zero-order chi connectivity index (χ0) is 15.1. The smallest absolute Gasteiger partial charge is 0.324 e. The number of nitrogens with two attached hydrogens (primary N) is 1. The number of hydrogen-bond acceptors (Lipinski definition) is 8. The van der Waals surface area contributed by atoms with Gasteiger partial charge in [0, 0.05) is 6.04 Å². The van der Waals surface area contributed by atoms with Crippen molar-refractivity contribution in [3.8, 4) is 12.0 Å². The van der Waals surface area contributed by atoms with Gasteiger partial charge in [0.15, 0.2) is 0 Å². The number of nitrogens with one attached hydrogen (secondary N) is 1. The van der Waals surface area contributed by atoms with Gasteiger partial charge in [0.1, 0.15) is 6.61 Å². The largest absolute Gasteiger partial charge is 0.463 e. The maximum atomic E-state index is 5.70. The monoisotopic (exact) mass is 296 g/mol. The van der Waals surface area contributed by atoms with E-state index in [4.69, 9.17) is 15.3 Å². The number of hydrazine groups is 1. The molecule has 0 radical (unpaired) electrons. The first-order valence-electron chi connectivity index (χ1n) is 7.41. The Balaban J connectivity index is 1.97. The maximum Gasteiger partial charge on any atom is 0.324 e. The van der Waals surface area contributed by atoms with Gasteiger partial charge in [0.2, 0.25) is 5.95 Å². The summed E-state index contributed by atoms with van der Waals surface area (Å²) in [5.41, 5.74) is 2.40. The number of rotatable bonds is 7. The second-order valence-electron chi connectivity index (χ2n) is 5.16. The minimum Gasteiger partial charge on any atom is -0.463 e. The quantitative estimate of drug-likeness (QED) is 0.563. The molecule has 1 atom stereocenters. The Kier molecular flexibility index (Phi) is 5.94. The molecule has 0 amide bonds. The maximum absolute atomic E-state index is 5.70. The molecule has 0 bridgehead atoms. The van der Waals surface area contributed by atoms with Crippen LogP contribution in [-0.2, 0) is 0 Å². The average molecular weight is 296 g/mol. The van der Waals surface area contributed by atoms with Crippen LogP contribution in [0.1, 0.15) is 32.6 Å². The van der Waals surface area contributed by atoms with E-state index in [9.17, 15) is 0 Å². The first-order valence-corrected chi connectivity index (χ1v) is 7.41. The molecule has 0 spiro atoms. The summed E-state index contributed by atoms with van der Waals surface area (Å²) in [6, 6.07) is 0.861. The number of likely N-dealkylation sites (N-methyl/N-ethyl adjacent to an activating group) is 1. The van der Waals surface area contributed by atoms with E-state index in [1.807, 2.05) is 6.92 Å². The zero-order valence-electron chi connectivity index (χ0n) is 12.7. The lowest BCUT2D eigenvalue weighted by atomic mass is 10.0. The molecule has 1 unspecified atom stereocenters. The molecule has 118 valence electrons. The number of nitrogen functional groups attached to an aromatic ring is 1. The van der Waals surface area contributed by atoms with Crippen LogP contribution in [0, 0.1) is 0 Å². The number of piperidine rings is 1. The summed E-state index contributed by atoms with van der Waals surface area (Å²) in [5, 5.41) is 0. The van der Waals surface area contributed by atoms with Gasteiger partial charge in [-0.1, -0.05) is 13.3 Å². The minimum absolute atomic E-state index is 0.229. The Bertz CT molecular complexity index is 445. The third kappa shape index (κ3) is 4.68. The molecule has 0 aliphatic carbocycles. The highest BCUT2D eigenvalue weighted by atomic mass is 16.5. The molecule has 1 aliphatic rings.